The van der Waals surface area contributed by atoms with Gasteiger partial charge in [0.25, 0.3) is 0 Å². The average Bonchev–Trinajstić information content (AvgIpc) is 2.93. The highest BCUT2D eigenvalue weighted by molar-refractivity contribution is 5.73. The predicted octanol–water partition coefficient (Wildman–Crippen LogP) is 1.54. The molecule has 7 nitrogen and oxygen atoms in total. The number of piperidine rings is 1. The third-order valence-corrected chi connectivity index (χ3v) is 4.17. The summed E-state index contributed by atoms with van der Waals surface area (Å²) in [4.78, 5) is 19.7. The zero-order valence-corrected chi connectivity index (χ0v) is 12.4. The molecule has 1 saturated heterocycles. The van der Waals surface area contributed by atoms with Crippen molar-refractivity contribution < 1.29 is 0 Å². The fraction of sp³-hybridized carbons (Fsp3) is 0.400. The summed E-state index contributed by atoms with van der Waals surface area (Å²) in [7, 11) is 1.92. The normalized spacial score (nSPS) is 18.8. The van der Waals surface area contributed by atoms with Crippen molar-refractivity contribution in [1.82, 2.24) is 29.7 Å². The molecule has 7 heteroatoms. The van der Waals surface area contributed by atoms with E-state index in [0.29, 0.717) is 5.92 Å². The van der Waals surface area contributed by atoms with E-state index in [1.807, 2.05) is 17.9 Å². The van der Waals surface area contributed by atoms with Crippen LogP contribution in [0.2, 0.25) is 0 Å². The predicted molar refractivity (Wildman–Crippen MR) is 82.5 cm³/mol. The van der Waals surface area contributed by atoms with E-state index in [4.69, 9.17) is 0 Å². The zero-order valence-electron chi connectivity index (χ0n) is 12.4. The summed E-state index contributed by atoms with van der Waals surface area (Å²) >= 11 is 0. The number of anilines is 1. The smallest absolute Gasteiger partial charge is 0.176 e. The Balaban J connectivity index is 1.67. The van der Waals surface area contributed by atoms with Crippen molar-refractivity contribution in [2.75, 3.05) is 18.0 Å². The van der Waals surface area contributed by atoms with Gasteiger partial charge >= 0.3 is 0 Å². The van der Waals surface area contributed by atoms with Crippen LogP contribution in [0.15, 0.2) is 31.0 Å². The molecule has 22 heavy (non-hydrogen) atoms. The van der Waals surface area contributed by atoms with Crippen LogP contribution in [0.4, 0.5) is 5.82 Å². The summed E-state index contributed by atoms with van der Waals surface area (Å²) in [6, 6.07) is 0. The number of nitrogens with zero attached hydrogens (tertiary/aromatic N) is 7. The number of fused-ring (bicyclic) bond motifs is 1. The molecule has 1 aliphatic rings. The fourth-order valence-corrected chi connectivity index (χ4v) is 3.14. The molecule has 0 radical (unpaired) electrons. The Morgan fingerprint density at radius 2 is 1.95 bits per heavy atom. The standard InChI is InChI=1S/C15H17N7/c1-21-15-14(18-6-7-19-15)13(20-21)11-3-2-8-22(10-11)12-9-16-4-5-17-12/h4-7,9,11H,2-3,8,10H2,1H3. The summed E-state index contributed by atoms with van der Waals surface area (Å²) in [5.74, 6) is 1.27. The first kappa shape index (κ1) is 13.1. The van der Waals surface area contributed by atoms with Crippen LogP contribution in [0.3, 0.4) is 0 Å². The van der Waals surface area contributed by atoms with E-state index >= 15 is 0 Å². The van der Waals surface area contributed by atoms with Crippen molar-refractivity contribution in [3.05, 3.63) is 36.7 Å². The highest BCUT2D eigenvalue weighted by Gasteiger charge is 2.27. The zero-order chi connectivity index (χ0) is 14.9. The topological polar surface area (TPSA) is 72.6 Å². The molecule has 3 aromatic rings. The molecule has 1 fully saturated rings. The highest BCUT2D eigenvalue weighted by atomic mass is 15.3. The molecule has 0 aliphatic carbocycles. The molecule has 0 amide bonds. The molecule has 112 valence electrons. The third-order valence-electron chi connectivity index (χ3n) is 4.17. The van der Waals surface area contributed by atoms with E-state index in [0.717, 1.165) is 48.6 Å². The highest BCUT2D eigenvalue weighted by Crippen LogP contribution is 2.31. The Labute approximate surface area is 128 Å². The van der Waals surface area contributed by atoms with Crippen molar-refractivity contribution in [1.29, 1.82) is 0 Å². The lowest BCUT2D eigenvalue weighted by molar-refractivity contribution is 0.495. The Hall–Kier alpha value is -2.57. The Kier molecular flexibility index (Phi) is 3.17. The van der Waals surface area contributed by atoms with Crippen LogP contribution in [-0.4, -0.2) is 42.8 Å². The van der Waals surface area contributed by atoms with Gasteiger partial charge in [-0.15, -0.1) is 0 Å². The third kappa shape index (κ3) is 2.18. The van der Waals surface area contributed by atoms with Crippen LogP contribution >= 0.6 is 0 Å². The first-order valence-corrected chi connectivity index (χ1v) is 7.47. The molecule has 3 aromatic heterocycles. The molecule has 0 N–H and O–H groups in total. The van der Waals surface area contributed by atoms with Gasteiger partial charge < -0.3 is 4.90 Å². The van der Waals surface area contributed by atoms with E-state index in [-0.39, 0.29) is 0 Å². The number of hydrogen-bond donors (Lipinski definition) is 0. The minimum Gasteiger partial charge on any atom is -0.355 e. The van der Waals surface area contributed by atoms with Crippen LogP contribution < -0.4 is 4.90 Å². The van der Waals surface area contributed by atoms with E-state index < -0.39 is 0 Å². The van der Waals surface area contributed by atoms with Gasteiger partial charge in [0, 0.05) is 50.8 Å². The maximum absolute atomic E-state index is 4.67. The molecule has 0 saturated carbocycles. The van der Waals surface area contributed by atoms with Crippen LogP contribution in [0.1, 0.15) is 24.5 Å². The van der Waals surface area contributed by atoms with Crippen LogP contribution in [0.5, 0.6) is 0 Å². The summed E-state index contributed by atoms with van der Waals surface area (Å²) in [5, 5.41) is 4.67. The van der Waals surface area contributed by atoms with E-state index in [1.165, 1.54) is 0 Å². The summed E-state index contributed by atoms with van der Waals surface area (Å²) < 4.78 is 1.82. The summed E-state index contributed by atoms with van der Waals surface area (Å²) in [5.41, 5.74) is 2.80. The van der Waals surface area contributed by atoms with Gasteiger partial charge in [-0.25, -0.2) is 19.6 Å². The molecule has 4 heterocycles. The van der Waals surface area contributed by atoms with Gasteiger partial charge in [-0.2, -0.15) is 5.10 Å². The first-order valence-electron chi connectivity index (χ1n) is 7.47. The average molecular weight is 295 g/mol. The number of hydrogen-bond acceptors (Lipinski definition) is 6. The maximum Gasteiger partial charge on any atom is 0.176 e. The second-order valence-electron chi connectivity index (χ2n) is 5.59. The lowest BCUT2D eigenvalue weighted by atomic mass is 9.94. The first-order chi connectivity index (χ1) is 10.8. The second kappa shape index (κ2) is 5.32. The lowest BCUT2D eigenvalue weighted by Gasteiger charge is -2.32. The van der Waals surface area contributed by atoms with Gasteiger partial charge in [0.15, 0.2) is 5.65 Å². The van der Waals surface area contributed by atoms with Crippen LogP contribution in [0, 0.1) is 0 Å². The van der Waals surface area contributed by atoms with Gasteiger partial charge in [-0.3, -0.25) is 4.98 Å². The van der Waals surface area contributed by atoms with E-state index in [1.54, 1.807) is 24.8 Å². The Morgan fingerprint density at radius 3 is 2.82 bits per heavy atom. The summed E-state index contributed by atoms with van der Waals surface area (Å²) in [6.07, 6.45) is 10.9. The molecule has 0 aromatic carbocycles. The fourth-order valence-electron chi connectivity index (χ4n) is 3.14. The Morgan fingerprint density at radius 1 is 1.09 bits per heavy atom. The molecule has 0 spiro atoms. The van der Waals surface area contributed by atoms with Gasteiger partial charge in [0.2, 0.25) is 0 Å². The molecule has 4 rings (SSSR count). The van der Waals surface area contributed by atoms with Crippen molar-refractivity contribution in [3.8, 4) is 0 Å². The number of rotatable bonds is 2. The SMILES string of the molecule is Cn1nc(C2CCCN(c3cnccn3)C2)c2nccnc21. The molecule has 1 aliphatic heterocycles. The van der Waals surface area contributed by atoms with Crippen molar-refractivity contribution >= 4 is 17.0 Å². The number of aromatic nitrogens is 6. The van der Waals surface area contributed by atoms with Crippen molar-refractivity contribution in [2.45, 2.75) is 18.8 Å². The molecule has 1 atom stereocenters. The molecule has 1 unspecified atom stereocenters. The molecule has 0 bridgehead atoms. The van der Waals surface area contributed by atoms with Crippen LogP contribution in [-0.2, 0) is 7.05 Å². The quantitative estimate of drug-likeness (QED) is 0.714. The molecular formula is C15H17N7. The number of aryl methyl sites for hydroxylation is 1. The molecular weight excluding hydrogens is 278 g/mol. The van der Waals surface area contributed by atoms with Crippen molar-refractivity contribution in [3.63, 3.8) is 0 Å². The lowest BCUT2D eigenvalue weighted by Crippen LogP contribution is -2.35. The van der Waals surface area contributed by atoms with E-state index in [9.17, 15) is 0 Å². The van der Waals surface area contributed by atoms with Gasteiger partial charge in [0.05, 0.1) is 11.9 Å². The second-order valence-corrected chi connectivity index (χ2v) is 5.59. The minimum absolute atomic E-state index is 0.344. The van der Waals surface area contributed by atoms with Crippen LogP contribution in [0.25, 0.3) is 11.2 Å². The van der Waals surface area contributed by atoms with E-state index in [2.05, 4.69) is 29.9 Å². The van der Waals surface area contributed by atoms with Gasteiger partial charge in [0.1, 0.15) is 11.3 Å². The monoisotopic (exact) mass is 295 g/mol. The maximum atomic E-state index is 4.67. The van der Waals surface area contributed by atoms with Gasteiger partial charge in [-0.1, -0.05) is 0 Å². The largest absolute Gasteiger partial charge is 0.355 e. The minimum atomic E-state index is 0.344. The van der Waals surface area contributed by atoms with Crippen molar-refractivity contribution in [2.24, 2.45) is 7.05 Å². The van der Waals surface area contributed by atoms with Gasteiger partial charge in [-0.05, 0) is 12.8 Å². The Bertz CT molecular complexity index is 783. The summed E-state index contributed by atoms with van der Waals surface area (Å²) in [6.45, 7) is 1.90.